The van der Waals surface area contributed by atoms with Crippen LogP contribution < -0.4 is 5.73 Å². The molecule has 0 spiro atoms. The van der Waals surface area contributed by atoms with Crippen LogP contribution in [0.2, 0.25) is 0 Å². The van der Waals surface area contributed by atoms with Crippen molar-refractivity contribution in [3.05, 3.63) is 35.4 Å². The van der Waals surface area contributed by atoms with E-state index in [9.17, 15) is 13.2 Å². The lowest BCUT2D eigenvalue weighted by Crippen LogP contribution is -2.33. The number of amides is 1. The van der Waals surface area contributed by atoms with Gasteiger partial charge in [-0.25, -0.2) is 8.42 Å². The number of nitrogens with zero attached hydrogens (tertiary/aromatic N) is 1. The minimum Gasteiger partial charge on any atom is -0.341 e. The molecule has 0 radical (unpaired) electrons. The molecule has 110 valence electrons. The maximum atomic E-state index is 12.2. The van der Waals surface area contributed by atoms with Crippen LogP contribution in [0.15, 0.2) is 24.3 Å². The van der Waals surface area contributed by atoms with Crippen molar-refractivity contribution in [1.29, 1.82) is 0 Å². The summed E-state index contributed by atoms with van der Waals surface area (Å²) in [6, 6.07) is 7.76. The Hall–Kier alpha value is -1.40. The number of benzene rings is 1. The van der Waals surface area contributed by atoms with Crippen LogP contribution in [0, 0.1) is 5.92 Å². The minimum absolute atomic E-state index is 0.0149. The van der Waals surface area contributed by atoms with Crippen LogP contribution in [-0.2, 0) is 27.7 Å². The average Bonchev–Trinajstić information content (AvgIpc) is 2.78. The number of hydrogen-bond acceptors (Lipinski definition) is 4. The second-order valence-corrected chi connectivity index (χ2v) is 7.55. The number of sulfone groups is 1. The Balaban J connectivity index is 2.01. The summed E-state index contributed by atoms with van der Waals surface area (Å²) >= 11 is 0. The Bertz CT molecular complexity index is 598. The molecule has 1 amide bonds. The summed E-state index contributed by atoms with van der Waals surface area (Å²) in [4.78, 5) is 13.8. The van der Waals surface area contributed by atoms with E-state index in [0.29, 0.717) is 19.5 Å². The van der Waals surface area contributed by atoms with E-state index in [2.05, 4.69) is 0 Å². The van der Waals surface area contributed by atoms with E-state index in [0.717, 1.165) is 11.1 Å². The lowest BCUT2D eigenvalue weighted by atomic mass is 10.1. The first-order valence-corrected chi connectivity index (χ1v) is 8.47. The summed E-state index contributed by atoms with van der Waals surface area (Å²) in [6.45, 7) is 0.940. The highest BCUT2D eigenvalue weighted by Gasteiger charge is 2.34. The van der Waals surface area contributed by atoms with E-state index in [1.807, 2.05) is 24.3 Å². The molecule has 6 heteroatoms. The van der Waals surface area contributed by atoms with E-state index < -0.39 is 9.84 Å². The van der Waals surface area contributed by atoms with Crippen molar-refractivity contribution in [2.45, 2.75) is 19.5 Å². The van der Waals surface area contributed by atoms with Gasteiger partial charge < -0.3 is 10.6 Å². The maximum absolute atomic E-state index is 12.2. The van der Waals surface area contributed by atoms with Gasteiger partial charge in [0.05, 0.1) is 17.4 Å². The molecule has 1 aromatic rings. The van der Waals surface area contributed by atoms with E-state index in [-0.39, 0.29) is 23.3 Å². The van der Waals surface area contributed by atoms with Crippen molar-refractivity contribution in [1.82, 2.24) is 4.90 Å². The van der Waals surface area contributed by atoms with Gasteiger partial charge in [0.2, 0.25) is 5.91 Å². The number of hydrogen-bond donors (Lipinski definition) is 1. The van der Waals surface area contributed by atoms with Crippen molar-refractivity contribution < 1.29 is 13.2 Å². The fourth-order valence-corrected chi connectivity index (χ4v) is 4.24. The molecule has 0 saturated carbocycles. The summed E-state index contributed by atoms with van der Waals surface area (Å²) in [7, 11) is -1.31. The van der Waals surface area contributed by atoms with Crippen LogP contribution >= 0.6 is 0 Å². The molecule has 5 nitrogen and oxygen atoms in total. The monoisotopic (exact) mass is 296 g/mol. The van der Waals surface area contributed by atoms with Gasteiger partial charge in [-0.2, -0.15) is 0 Å². The molecule has 20 heavy (non-hydrogen) atoms. The number of rotatable bonds is 4. The summed E-state index contributed by atoms with van der Waals surface area (Å²) < 4.78 is 22.9. The molecule has 1 saturated heterocycles. The van der Waals surface area contributed by atoms with Crippen LogP contribution in [0.3, 0.4) is 0 Å². The molecule has 2 N–H and O–H groups in total. The van der Waals surface area contributed by atoms with Gasteiger partial charge in [-0.15, -0.1) is 0 Å². The topological polar surface area (TPSA) is 80.5 Å². The number of nitrogens with two attached hydrogens (primary N) is 1. The minimum atomic E-state index is -3.02. The normalized spacial score (nSPS) is 20.8. The third-order valence-corrected chi connectivity index (χ3v) is 5.37. The Kier molecular flexibility index (Phi) is 4.45. The highest BCUT2D eigenvalue weighted by molar-refractivity contribution is 7.91. The zero-order chi connectivity index (χ0) is 14.8. The highest BCUT2D eigenvalue weighted by Crippen LogP contribution is 2.21. The third-order valence-electron chi connectivity index (χ3n) is 3.60. The summed E-state index contributed by atoms with van der Waals surface area (Å²) in [5.41, 5.74) is 7.62. The van der Waals surface area contributed by atoms with Crippen molar-refractivity contribution in [2.24, 2.45) is 11.7 Å². The molecule has 1 unspecified atom stereocenters. The van der Waals surface area contributed by atoms with Crippen molar-refractivity contribution in [3.63, 3.8) is 0 Å². The molecular weight excluding hydrogens is 276 g/mol. The van der Waals surface area contributed by atoms with E-state index in [4.69, 9.17) is 5.73 Å². The second kappa shape index (κ2) is 5.93. The molecule has 2 rings (SSSR count). The molecule has 0 bridgehead atoms. The standard InChI is InChI=1S/C14H20N2O3S/c1-16(9-12-4-2-3-11(7-12)8-15)14(17)13-5-6-20(18,19)10-13/h2-4,7,13H,5-6,8-10,15H2,1H3. The fraction of sp³-hybridized carbons (Fsp3) is 0.500. The van der Waals surface area contributed by atoms with Gasteiger partial charge in [-0.05, 0) is 17.5 Å². The van der Waals surface area contributed by atoms with Crippen LogP contribution in [0.4, 0.5) is 0 Å². The Morgan fingerprint density at radius 2 is 2.10 bits per heavy atom. The predicted octanol–water partition coefficient (Wildman–Crippen LogP) is 0.538. The smallest absolute Gasteiger partial charge is 0.226 e. The molecule has 1 aromatic carbocycles. The van der Waals surface area contributed by atoms with Gasteiger partial charge in [0.15, 0.2) is 9.84 Å². The van der Waals surface area contributed by atoms with Crippen LogP contribution in [-0.4, -0.2) is 37.8 Å². The first-order chi connectivity index (χ1) is 9.41. The molecule has 0 aliphatic carbocycles. The summed E-state index contributed by atoms with van der Waals surface area (Å²) in [6.07, 6.45) is 0.439. The number of carbonyl (C=O) groups excluding carboxylic acids is 1. The Morgan fingerprint density at radius 1 is 1.40 bits per heavy atom. The molecule has 1 aliphatic rings. The zero-order valence-electron chi connectivity index (χ0n) is 11.6. The molecule has 1 heterocycles. The predicted molar refractivity (Wildman–Crippen MR) is 77.6 cm³/mol. The largest absolute Gasteiger partial charge is 0.341 e. The first kappa shape index (κ1) is 15.0. The van der Waals surface area contributed by atoms with Gasteiger partial charge in [0.1, 0.15) is 0 Å². The van der Waals surface area contributed by atoms with Crippen molar-refractivity contribution >= 4 is 15.7 Å². The SMILES string of the molecule is CN(Cc1cccc(CN)c1)C(=O)C1CCS(=O)(=O)C1. The van der Waals surface area contributed by atoms with Crippen LogP contribution in [0.1, 0.15) is 17.5 Å². The van der Waals surface area contributed by atoms with Gasteiger partial charge in [0.25, 0.3) is 0 Å². The Labute approximate surface area is 119 Å². The zero-order valence-corrected chi connectivity index (χ0v) is 12.4. The van der Waals surface area contributed by atoms with Gasteiger partial charge in [-0.3, -0.25) is 4.79 Å². The number of carbonyl (C=O) groups is 1. The third kappa shape index (κ3) is 3.58. The lowest BCUT2D eigenvalue weighted by molar-refractivity contribution is -0.133. The van der Waals surface area contributed by atoms with Crippen molar-refractivity contribution in [3.8, 4) is 0 Å². The van der Waals surface area contributed by atoms with Crippen LogP contribution in [0.5, 0.6) is 0 Å². The maximum Gasteiger partial charge on any atom is 0.226 e. The highest BCUT2D eigenvalue weighted by atomic mass is 32.2. The van der Waals surface area contributed by atoms with E-state index >= 15 is 0 Å². The molecule has 0 aromatic heterocycles. The van der Waals surface area contributed by atoms with E-state index in [1.165, 1.54) is 0 Å². The quantitative estimate of drug-likeness (QED) is 0.879. The Morgan fingerprint density at radius 3 is 2.70 bits per heavy atom. The fourth-order valence-electron chi connectivity index (χ4n) is 2.51. The lowest BCUT2D eigenvalue weighted by Gasteiger charge is -2.20. The molecule has 1 fully saturated rings. The van der Waals surface area contributed by atoms with Crippen LogP contribution in [0.25, 0.3) is 0 Å². The van der Waals surface area contributed by atoms with E-state index in [1.54, 1.807) is 11.9 Å². The molecule has 1 aliphatic heterocycles. The molecule has 1 atom stereocenters. The van der Waals surface area contributed by atoms with Gasteiger partial charge in [-0.1, -0.05) is 24.3 Å². The summed E-state index contributed by atoms with van der Waals surface area (Å²) in [5, 5.41) is 0. The van der Waals surface area contributed by atoms with Gasteiger partial charge in [0, 0.05) is 20.1 Å². The average molecular weight is 296 g/mol. The van der Waals surface area contributed by atoms with Gasteiger partial charge >= 0.3 is 0 Å². The van der Waals surface area contributed by atoms with Crippen molar-refractivity contribution in [2.75, 3.05) is 18.6 Å². The second-order valence-electron chi connectivity index (χ2n) is 5.32. The molecular formula is C14H20N2O3S. The summed E-state index contributed by atoms with van der Waals surface area (Å²) in [5.74, 6) is -0.370. The first-order valence-electron chi connectivity index (χ1n) is 6.64.